The molecule has 0 saturated heterocycles. The predicted octanol–water partition coefficient (Wildman–Crippen LogP) is 6.21. The first-order chi connectivity index (χ1) is 20.1. The standard InChI is InChI=1S/C34H44N4O4/c1-7-17-34(3,4)22-38(5)33(40)37-27(32(39)36-28-19-23(28)8-2)16-18-42-31-21-29(24-12-10-9-11-13-24)35-30-20-25(41-6)14-15-26(30)31/h8-15,20-21,23,27-28H,2,7,16-19,22H2,1,3-6H3,(H,36,39)(H,37,40)/t23-,27?,28?/m1/s1. The van der Waals surface area contributed by atoms with Gasteiger partial charge in [-0.2, -0.15) is 0 Å². The van der Waals surface area contributed by atoms with Crippen LogP contribution in [0.3, 0.4) is 0 Å². The number of benzene rings is 2. The second-order valence-electron chi connectivity index (χ2n) is 11.9. The molecule has 2 N–H and O–H groups in total. The number of fused-ring (bicyclic) bond motifs is 1. The minimum absolute atomic E-state index is 0.0194. The summed E-state index contributed by atoms with van der Waals surface area (Å²) < 4.78 is 11.7. The first kappa shape index (κ1) is 30.9. The number of urea groups is 1. The molecule has 0 spiro atoms. The average Bonchev–Trinajstić information content (AvgIpc) is 3.73. The largest absolute Gasteiger partial charge is 0.497 e. The number of carbonyl (C=O) groups excluding carboxylic acids is 2. The van der Waals surface area contributed by atoms with Crippen LogP contribution in [0.4, 0.5) is 4.79 Å². The van der Waals surface area contributed by atoms with E-state index in [9.17, 15) is 9.59 Å². The van der Waals surface area contributed by atoms with Crippen molar-refractivity contribution >= 4 is 22.8 Å². The summed E-state index contributed by atoms with van der Waals surface area (Å²) >= 11 is 0. The lowest BCUT2D eigenvalue weighted by molar-refractivity contribution is -0.123. The Morgan fingerprint density at radius 3 is 2.62 bits per heavy atom. The summed E-state index contributed by atoms with van der Waals surface area (Å²) in [4.78, 5) is 33.0. The van der Waals surface area contributed by atoms with Gasteiger partial charge in [0.05, 0.1) is 24.9 Å². The van der Waals surface area contributed by atoms with Crippen LogP contribution in [0.25, 0.3) is 22.2 Å². The minimum Gasteiger partial charge on any atom is -0.497 e. The zero-order valence-corrected chi connectivity index (χ0v) is 25.5. The van der Waals surface area contributed by atoms with Crippen molar-refractivity contribution in [3.05, 3.63) is 67.3 Å². The summed E-state index contributed by atoms with van der Waals surface area (Å²) in [6.07, 6.45) is 5.07. The highest BCUT2D eigenvalue weighted by Gasteiger charge is 2.37. The minimum atomic E-state index is -0.748. The maximum Gasteiger partial charge on any atom is 0.317 e. The van der Waals surface area contributed by atoms with E-state index < -0.39 is 6.04 Å². The molecule has 1 aromatic heterocycles. The topological polar surface area (TPSA) is 92.8 Å². The molecular formula is C34H44N4O4. The van der Waals surface area contributed by atoms with Crippen molar-refractivity contribution in [1.29, 1.82) is 0 Å². The summed E-state index contributed by atoms with van der Waals surface area (Å²) in [5, 5.41) is 6.87. The number of pyridine rings is 1. The average molecular weight is 573 g/mol. The quantitative estimate of drug-likeness (QED) is 0.224. The Hall–Kier alpha value is -4.07. The second-order valence-corrected chi connectivity index (χ2v) is 11.9. The van der Waals surface area contributed by atoms with Gasteiger partial charge in [0.2, 0.25) is 5.91 Å². The molecule has 2 unspecified atom stereocenters. The van der Waals surface area contributed by atoms with Crippen LogP contribution in [0.1, 0.15) is 46.5 Å². The number of nitrogens with one attached hydrogen (secondary N) is 2. The van der Waals surface area contributed by atoms with Crippen LogP contribution in [-0.4, -0.2) is 61.2 Å². The molecule has 2 aromatic carbocycles. The van der Waals surface area contributed by atoms with Crippen LogP contribution in [0.2, 0.25) is 0 Å². The molecule has 3 amide bonds. The highest BCUT2D eigenvalue weighted by molar-refractivity contribution is 5.89. The molecule has 0 radical (unpaired) electrons. The molecule has 1 fully saturated rings. The van der Waals surface area contributed by atoms with E-state index in [-0.39, 0.29) is 35.9 Å². The van der Waals surface area contributed by atoms with Crippen LogP contribution in [0, 0.1) is 11.3 Å². The lowest BCUT2D eigenvalue weighted by Crippen LogP contribution is -2.52. The second kappa shape index (κ2) is 13.7. The van der Waals surface area contributed by atoms with E-state index >= 15 is 0 Å². The third-order valence-corrected chi connectivity index (χ3v) is 7.74. The maximum absolute atomic E-state index is 13.3. The summed E-state index contributed by atoms with van der Waals surface area (Å²) in [5.74, 6) is 1.42. The molecule has 1 heterocycles. The molecular weight excluding hydrogens is 528 g/mol. The van der Waals surface area contributed by atoms with Gasteiger partial charge in [-0.3, -0.25) is 4.79 Å². The summed E-state index contributed by atoms with van der Waals surface area (Å²) in [5.41, 5.74) is 2.46. The molecule has 3 atom stereocenters. The van der Waals surface area contributed by atoms with E-state index in [1.807, 2.05) is 60.7 Å². The molecule has 224 valence electrons. The van der Waals surface area contributed by atoms with Crippen molar-refractivity contribution in [2.75, 3.05) is 27.3 Å². The Kier molecular flexibility index (Phi) is 10.1. The van der Waals surface area contributed by atoms with Crippen LogP contribution in [-0.2, 0) is 4.79 Å². The first-order valence-corrected chi connectivity index (χ1v) is 14.8. The predicted molar refractivity (Wildman–Crippen MR) is 168 cm³/mol. The van der Waals surface area contributed by atoms with Gasteiger partial charge < -0.3 is 25.0 Å². The zero-order valence-electron chi connectivity index (χ0n) is 25.5. The zero-order chi connectivity index (χ0) is 30.3. The lowest BCUT2D eigenvalue weighted by Gasteiger charge is -2.31. The third kappa shape index (κ3) is 8.02. The van der Waals surface area contributed by atoms with E-state index in [0.29, 0.717) is 24.5 Å². The number of hydrogen-bond donors (Lipinski definition) is 2. The summed E-state index contributed by atoms with van der Waals surface area (Å²) in [6.45, 7) is 11.1. The number of ether oxygens (including phenoxy) is 2. The number of methoxy groups -OCH3 is 1. The highest BCUT2D eigenvalue weighted by atomic mass is 16.5. The number of aromatic nitrogens is 1. The Labute approximate surface area is 249 Å². The van der Waals surface area contributed by atoms with Crippen molar-refractivity contribution in [2.45, 2.75) is 58.5 Å². The van der Waals surface area contributed by atoms with Crippen LogP contribution in [0.15, 0.2) is 67.3 Å². The van der Waals surface area contributed by atoms with Gasteiger partial charge in [0, 0.05) is 49.1 Å². The fourth-order valence-electron chi connectivity index (χ4n) is 5.39. The van der Waals surface area contributed by atoms with E-state index in [2.05, 4.69) is 38.0 Å². The molecule has 4 rings (SSSR count). The fourth-order valence-corrected chi connectivity index (χ4v) is 5.39. The van der Waals surface area contributed by atoms with Gasteiger partial charge in [-0.15, -0.1) is 6.58 Å². The molecule has 1 aliphatic rings. The Bertz CT molecular complexity index is 1390. The van der Waals surface area contributed by atoms with Crippen molar-refractivity contribution in [3.8, 4) is 22.8 Å². The van der Waals surface area contributed by atoms with Gasteiger partial charge in [-0.25, -0.2) is 9.78 Å². The molecule has 0 bridgehead atoms. The van der Waals surface area contributed by atoms with Gasteiger partial charge in [0.15, 0.2) is 0 Å². The number of hydrogen-bond acceptors (Lipinski definition) is 5. The van der Waals surface area contributed by atoms with E-state index in [0.717, 1.165) is 41.4 Å². The molecule has 0 aliphatic heterocycles. The first-order valence-electron chi connectivity index (χ1n) is 14.8. The van der Waals surface area contributed by atoms with Crippen LogP contribution >= 0.6 is 0 Å². The Morgan fingerprint density at radius 1 is 1.19 bits per heavy atom. The summed E-state index contributed by atoms with van der Waals surface area (Å²) in [7, 11) is 3.40. The third-order valence-electron chi connectivity index (χ3n) is 7.74. The molecule has 3 aromatic rings. The van der Waals surface area contributed by atoms with E-state index in [1.165, 1.54) is 0 Å². The monoisotopic (exact) mass is 572 g/mol. The number of rotatable bonds is 14. The smallest absolute Gasteiger partial charge is 0.317 e. The Balaban J connectivity index is 1.51. The van der Waals surface area contributed by atoms with Gasteiger partial charge in [0.1, 0.15) is 17.5 Å². The van der Waals surface area contributed by atoms with Crippen molar-refractivity contribution in [3.63, 3.8) is 0 Å². The molecule has 1 aliphatic carbocycles. The van der Waals surface area contributed by atoms with Crippen LogP contribution in [0.5, 0.6) is 11.5 Å². The van der Waals surface area contributed by atoms with E-state index in [4.69, 9.17) is 14.5 Å². The van der Waals surface area contributed by atoms with Crippen molar-refractivity contribution < 1.29 is 19.1 Å². The number of nitrogens with zero attached hydrogens (tertiary/aromatic N) is 2. The maximum atomic E-state index is 13.3. The van der Waals surface area contributed by atoms with Gasteiger partial charge in [0.25, 0.3) is 0 Å². The van der Waals surface area contributed by atoms with E-state index in [1.54, 1.807) is 19.1 Å². The van der Waals surface area contributed by atoms with Crippen molar-refractivity contribution in [2.24, 2.45) is 11.3 Å². The normalized spacial score (nSPS) is 16.8. The lowest BCUT2D eigenvalue weighted by atomic mass is 9.88. The summed E-state index contributed by atoms with van der Waals surface area (Å²) in [6, 6.07) is 16.5. The molecule has 1 saturated carbocycles. The van der Waals surface area contributed by atoms with Crippen molar-refractivity contribution in [1.82, 2.24) is 20.5 Å². The van der Waals surface area contributed by atoms with Crippen LogP contribution < -0.4 is 20.1 Å². The molecule has 8 nitrogen and oxygen atoms in total. The Morgan fingerprint density at radius 2 is 1.95 bits per heavy atom. The number of carbonyl (C=O) groups is 2. The fraction of sp³-hybridized carbons (Fsp3) is 0.441. The van der Waals surface area contributed by atoms with Gasteiger partial charge in [-0.05, 0) is 36.3 Å². The van der Waals surface area contributed by atoms with Gasteiger partial charge >= 0.3 is 6.03 Å². The van der Waals surface area contributed by atoms with Gasteiger partial charge in [-0.1, -0.05) is 63.6 Å². The highest BCUT2D eigenvalue weighted by Crippen LogP contribution is 2.33. The molecule has 8 heteroatoms. The molecule has 42 heavy (non-hydrogen) atoms. The SMILES string of the molecule is C=C[C@@H]1CC1NC(=O)C(CCOc1cc(-c2ccccc2)nc2cc(OC)ccc12)NC(=O)N(C)CC(C)(C)CCC. The number of amides is 3.